The highest BCUT2D eigenvalue weighted by Gasteiger charge is 1.87. The van der Waals surface area contributed by atoms with E-state index in [1.807, 2.05) is 36.4 Å². The predicted molar refractivity (Wildman–Crippen MR) is 47.5 cm³/mol. The van der Waals surface area contributed by atoms with Crippen LogP contribution >= 0.6 is 0 Å². The summed E-state index contributed by atoms with van der Waals surface area (Å²) in [5.74, 6) is -0.380. The van der Waals surface area contributed by atoms with Crippen molar-refractivity contribution in [1.82, 2.24) is 0 Å². The first-order chi connectivity index (χ1) is 5.81. The largest absolute Gasteiger partial charge is 0.468 e. The molecule has 0 radical (unpaired) electrons. The predicted octanol–water partition coefficient (Wildman–Crippen LogP) is 0.805. The molecular formula is C9H13NO2. The topological polar surface area (TPSA) is 52.3 Å². The van der Waals surface area contributed by atoms with Crippen molar-refractivity contribution >= 4 is 5.97 Å². The Bertz CT molecular complexity index is 166. The highest BCUT2D eigenvalue weighted by Crippen LogP contribution is 1.79. The normalized spacial score (nSPS) is 7.83. The first kappa shape index (κ1) is 10.7. The summed E-state index contributed by atoms with van der Waals surface area (Å²) in [5.41, 5.74) is 4.81. The van der Waals surface area contributed by atoms with Crippen LogP contribution in [0.15, 0.2) is 36.4 Å². The minimum Gasteiger partial charge on any atom is -0.468 e. The van der Waals surface area contributed by atoms with Gasteiger partial charge in [0, 0.05) is 0 Å². The number of rotatable bonds is 1. The molecule has 0 saturated heterocycles. The van der Waals surface area contributed by atoms with Gasteiger partial charge in [0.1, 0.15) is 0 Å². The average molecular weight is 167 g/mol. The van der Waals surface area contributed by atoms with Gasteiger partial charge in [-0.05, 0) is 0 Å². The molecule has 0 unspecified atom stereocenters. The van der Waals surface area contributed by atoms with Gasteiger partial charge in [-0.1, -0.05) is 36.4 Å². The van der Waals surface area contributed by atoms with Crippen molar-refractivity contribution in [1.29, 1.82) is 0 Å². The van der Waals surface area contributed by atoms with Crippen molar-refractivity contribution in [2.75, 3.05) is 13.7 Å². The lowest BCUT2D eigenvalue weighted by molar-refractivity contribution is -0.138. The average Bonchev–Trinajstić information content (AvgIpc) is 2.20. The fraction of sp³-hybridized carbons (Fsp3) is 0.222. The number of hydrogen-bond acceptors (Lipinski definition) is 3. The lowest BCUT2D eigenvalue weighted by Gasteiger charge is -1.87. The molecule has 0 bridgehead atoms. The number of ether oxygens (including phenoxy) is 1. The van der Waals surface area contributed by atoms with Crippen molar-refractivity contribution in [3.8, 4) is 0 Å². The maximum atomic E-state index is 9.83. The SMILES string of the molecule is COC(=O)CN.c1ccccc1. The Kier molecular flexibility index (Phi) is 6.88. The number of carbonyl (C=O) groups excluding carboxylic acids is 1. The zero-order valence-electron chi connectivity index (χ0n) is 7.07. The van der Waals surface area contributed by atoms with Crippen LogP contribution in [0.25, 0.3) is 0 Å². The van der Waals surface area contributed by atoms with Gasteiger partial charge in [0.05, 0.1) is 13.7 Å². The van der Waals surface area contributed by atoms with Crippen LogP contribution in [-0.2, 0) is 9.53 Å². The van der Waals surface area contributed by atoms with Crippen LogP contribution in [0.3, 0.4) is 0 Å². The van der Waals surface area contributed by atoms with Gasteiger partial charge in [-0.25, -0.2) is 0 Å². The number of carbonyl (C=O) groups is 1. The lowest BCUT2D eigenvalue weighted by atomic mass is 10.4. The van der Waals surface area contributed by atoms with Gasteiger partial charge in [-0.3, -0.25) is 4.79 Å². The molecule has 3 nitrogen and oxygen atoms in total. The zero-order valence-corrected chi connectivity index (χ0v) is 7.07. The Balaban J connectivity index is 0.000000202. The van der Waals surface area contributed by atoms with Crippen LogP contribution in [0.5, 0.6) is 0 Å². The van der Waals surface area contributed by atoms with Crippen LogP contribution in [0.1, 0.15) is 0 Å². The van der Waals surface area contributed by atoms with E-state index < -0.39 is 0 Å². The van der Waals surface area contributed by atoms with Crippen LogP contribution in [0.4, 0.5) is 0 Å². The maximum Gasteiger partial charge on any atom is 0.319 e. The van der Waals surface area contributed by atoms with E-state index in [4.69, 9.17) is 5.73 Å². The van der Waals surface area contributed by atoms with Crippen molar-refractivity contribution in [2.24, 2.45) is 5.73 Å². The molecule has 12 heavy (non-hydrogen) atoms. The zero-order chi connectivity index (χ0) is 9.23. The summed E-state index contributed by atoms with van der Waals surface area (Å²) in [7, 11) is 1.30. The lowest BCUT2D eigenvalue weighted by Crippen LogP contribution is -2.14. The van der Waals surface area contributed by atoms with E-state index in [-0.39, 0.29) is 12.5 Å². The van der Waals surface area contributed by atoms with Crippen LogP contribution < -0.4 is 5.73 Å². The monoisotopic (exact) mass is 167 g/mol. The van der Waals surface area contributed by atoms with Crippen molar-refractivity contribution in [3.63, 3.8) is 0 Å². The molecule has 1 rings (SSSR count). The minimum absolute atomic E-state index is 0.0312. The Hall–Kier alpha value is -1.35. The molecule has 0 spiro atoms. The maximum absolute atomic E-state index is 9.83. The van der Waals surface area contributed by atoms with Crippen molar-refractivity contribution in [2.45, 2.75) is 0 Å². The minimum atomic E-state index is -0.380. The Morgan fingerprint density at radius 1 is 1.17 bits per heavy atom. The van der Waals surface area contributed by atoms with Crippen LogP contribution in [0, 0.1) is 0 Å². The van der Waals surface area contributed by atoms with E-state index in [1.165, 1.54) is 7.11 Å². The molecular weight excluding hydrogens is 154 g/mol. The number of hydrogen-bond donors (Lipinski definition) is 1. The van der Waals surface area contributed by atoms with E-state index in [0.29, 0.717) is 0 Å². The number of methoxy groups -OCH3 is 1. The highest BCUT2D eigenvalue weighted by atomic mass is 16.5. The Morgan fingerprint density at radius 2 is 1.50 bits per heavy atom. The third-order valence-electron chi connectivity index (χ3n) is 1.06. The second-order valence-electron chi connectivity index (χ2n) is 1.93. The summed E-state index contributed by atoms with van der Waals surface area (Å²) < 4.78 is 4.14. The number of nitrogens with two attached hydrogens (primary N) is 1. The third kappa shape index (κ3) is 6.77. The molecule has 66 valence electrons. The molecule has 0 fully saturated rings. The number of benzene rings is 1. The molecule has 0 saturated carbocycles. The van der Waals surface area contributed by atoms with Gasteiger partial charge >= 0.3 is 5.97 Å². The summed E-state index contributed by atoms with van der Waals surface area (Å²) in [5, 5.41) is 0. The molecule has 0 aromatic heterocycles. The third-order valence-corrected chi connectivity index (χ3v) is 1.06. The molecule has 0 heterocycles. The molecule has 0 aliphatic rings. The summed E-state index contributed by atoms with van der Waals surface area (Å²) in [6.45, 7) is -0.0312. The first-order valence-corrected chi connectivity index (χ1v) is 3.58. The van der Waals surface area contributed by atoms with Crippen LogP contribution in [0.2, 0.25) is 0 Å². The smallest absolute Gasteiger partial charge is 0.319 e. The van der Waals surface area contributed by atoms with E-state index in [2.05, 4.69) is 4.74 Å². The Labute approximate surface area is 72.1 Å². The van der Waals surface area contributed by atoms with Crippen molar-refractivity contribution < 1.29 is 9.53 Å². The number of esters is 1. The van der Waals surface area contributed by atoms with Crippen LogP contribution in [-0.4, -0.2) is 19.6 Å². The summed E-state index contributed by atoms with van der Waals surface area (Å²) >= 11 is 0. The first-order valence-electron chi connectivity index (χ1n) is 3.58. The standard InChI is InChI=1S/C6H6.C3H7NO2/c1-2-4-6-5-3-1;1-6-3(5)2-4/h1-6H;2,4H2,1H3. The summed E-state index contributed by atoms with van der Waals surface area (Å²) in [6, 6.07) is 12.0. The van der Waals surface area contributed by atoms with Gasteiger partial charge in [0.2, 0.25) is 0 Å². The summed E-state index contributed by atoms with van der Waals surface area (Å²) in [6.07, 6.45) is 0. The van der Waals surface area contributed by atoms with E-state index >= 15 is 0 Å². The quantitative estimate of drug-likeness (QED) is 0.629. The van der Waals surface area contributed by atoms with Gasteiger partial charge in [-0.2, -0.15) is 0 Å². The molecule has 0 aliphatic carbocycles. The molecule has 1 aromatic rings. The molecule has 0 aliphatic heterocycles. The second kappa shape index (κ2) is 7.75. The molecule has 0 amide bonds. The fourth-order valence-corrected chi connectivity index (χ4v) is 0.468. The van der Waals surface area contributed by atoms with Gasteiger partial charge < -0.3 is 10.5 Å². The van der Waals surface area contributed by atoms with E-state index in [0.717, 1.165) is 0 Å². The molecule has 3 heteroatoms. The van der Waals surface area contributed by atoms with Gasteiger partial charge in [0.25, 0.3) is 0 Å². The summed E-state index contributed by atoms with van der Waals surface area (Å²) in [4.78, 5) is 9.83. The van der Waals surface area contributed by atoms with E-state index in [9.17, 15) is 4.79 Å². The van der Waals surface area contributed by atoms with Crippen molar-refractivity contribution in [3.05, 3.63) is 36.4 Å². The highest BCUT2D eigenvalue weighted by molar-refractivity contribution is 5.70. The molecule has 2 N–H and O–H groups in total. The van der Waals surface area contributed by atoms with Gasteiger partial charge in [0.15, 0.2) is 0 Å². The molecule has 1 aromatic carbocycles. The molecule has 0 atom stereocenters. The Morgan fingerprint density at radius 3 is 1.58 bits per heavy atom. The van der Waals surface area contributed by atoms with E-state index in [1.54, 1.807) is 0 Å². The fourth-order valence-electron chi connectivity index (χ4n) is 0.468. The van der Waals surface area contributed by atoms with Gasteiger partial charge in [-0.15, -0.1) is 0 Å². The second-order valence-corrected chi connectivity index (χ2v) is 1.93.